The Labute approximate surface area is 97.7 Å². The summed E-state index contributed by atoms with van der Waals surface area (Å²) in [5.74, 6) is 0.605. The van der Waals surface area contributed by atoms with Crippen LogP contribution < -0.4 is 0 Å². The van der Waals surface area contributed by atoms with Gasteiger partial charge >= 0.3 is 0 Å². The second-order valence-electron chi connectivity index (χ2n) is 3.95. The summed E-state index contributed by atoms with van der Waals surface area (Å²) in [5, 5.41) is 0. The Morgan fingerprint density at radius 1 is 1.27 bits per heavy atom. The number of alkyl halides is 1. The lowest BCUT2D eigenvalue weighted by molar-refractivity contribution is 0.0137. The fourth-order valence-electron chi connectivity index (χ4n) is 1.94. The zero-order chi connectivity index (χ0) is 10.9. The molecule has 1 aliphatic rings. The molecule has 90 valence electrons. The lowest BCUT2D eigenvalue weighted by atomic mass is 10.1. The van der Waals surface area contributed by atoms with Crippen LogP contribution >= 0.6 is 11.6 Å². The van der Waals surface area contributed by atoms with Crippen molar-refractivity contribution in [3.8, 4) is 0 Å². The monoisotopic (exact) mass is 235 g/mol. The maximum absolute atomic E-state index is 5.62. The Hall–Kier alpha value is 0.170. The standard InChI is InChI=1S/C11H22ClNO2/c1-14-9-2-6-13-7-3-11(4-8-13)15-10-5-12/h11H,2-10H2,1H3. The minimum Gasteiger partial charge on any atom is -0.385 e. The van der Waals surface area contributed by atoms with Gasteiger partial charge in [-0.3, -0.25) is 0 Å². The molecule has 0 aliphatic carbocycles. The van der Waals surface area contributed by atoms with Gasteiger partial charge in [0, 0.05) is 39.2 Å². The Morgan fingerprint density at radius 3 is 2.60 bits per heavy atom. The van der Waals surface area contributed by atoms with E-state index in [1.165, 1.54) is 0 Å². The molecule has 0 aromatic carbocycles. The maximum Gasteiger partial charge on any atom is 0.0605 e. The van der Waals surface area contributed by atoms with Crippen LogP contribution in [0.5, 0.6) is 0 Å². The molecule has 0 aromatic rings. The number of hydrogen-bond acceptors (Lipinski definition) is 3. The molecule has 0 unspecified atom stereocenters. The molecule has 1 aliphatic heterocycles. The molecule has 0 N–H and O–H groups in total. The van der Waals surface area contributed by atoms with E-state index in [1.807, 2.05) is 0 Å². The van der Waals surface area contributed by atoms with Gasteiger partial charge in [0.25, 0.3) is 0 Å². The topological polar surface area (TPSA) is 21.7 Å². The SMILES string of the molecule is COCCCN1CCC(OCCCl)CC1. The summed E-state index contributed by atoms with van der Waals surface area (Å²) in [4.78, 5) is 2.49. The van der Waals surface area contributed by atoms with E-state index in [9.17, 15) is 0 Å². The molecule has 1 heterocycles. The van der Waals surface area contributed by atoms with Crippen molar-refractivity contribution in [1.29, 1.82) is 0 Å². The van der Waals surface area contributed by atoms with Crippen molar-refractivity contribution in [3.63, 3.8) is 0 Å². The fourth-order valence-corrected chi connectivity index (χ4v) is 2.03. The predicted octanol–water partition coefficient (Wildman–Crippen LogP) is 1.74. The Morgan fingerprint density at radius 2 is 2.00 bits per heavy atom. The van der Waals surface area contributed by atoms with Gasteiger partial charge in [0.1, 0.15) is 0 Å². The van der Waals surface area contributed by atoms with Crippen LogP contribution in [-0.4, -0.2) is 56.8 Å². The van der Waals surface area contributed by atoms with Gasteiger partial charge in [-0.1, -0.05) is 0 Å². The van der Waals surface area contributed by atoms with Crippen LogP contribution in [0.3, 0.4) is 0 Å². The van der Waals surface area contributed by atoms with Crippen molar-refractivity contribution in [2.45, 2.75) is 25.4 Å². The average Bonchev–Trinajstić information content (AvgIpc) is 2.28. The lowest BCUT2D eigenvalue weighted by Crippen LogP contribution is -2.38. The van der Waals surface area contributed by atoms with Gasteiger partial charge in [-0.2, -0.15) is 0 Å². The molecule has 0 aromatic heterocycles. The van der Waals surface area contributed by atoms with Crippen molar-refractivity contribution < 1.29 is 9.47 Å². The first-order valence-electron chi connectivity index (χ1n) is 5.75. The van der Waals surface area contributed by atoms with E-state index in [2.05, 4.69) is 4.90 Å². The van der Waals surface area contributed by atoms with E-state index in [1.54, 1.807) is 7.11 Å². The van der Waals surface area contributed by atoms with Crippen LogP contribution in [0.25, 0.3) is 0 Å². The maximum atomic E-state index is 5.62. The van der Waals surface area contributed by atoms with Crippen molar-refractivity contribution in [3.05, 3.63) is 0 Å². The van der Waals surface area contributed by atoms with Crippen LogP contribution in [0.15, 0.2) is 0 Å². The average molecular weight is 236 g/mol. The van der Waals surface area contributed by atoms with E-state index in [-0.39, 0.29) is 0 Å². The van der Waals surface area contributed by atoms with Crippen LogP contribution in [0, 0.1) is 0 Å². The molecule has 1 saturated heterocycles. The highest BCUT2D eigenvalue weighted by Gasteiger charge is 2.18. The highest BCUT2D eigenvalue weighted by molar-refractivity contribution is 6.17. The summed E-state index contributed by atoms with van der Waals surface area (Å²) in [5.41, 5.74) is 0. The van der Waals surface area contributed by atoms with Crippen molar-refractivity contribution in [1.82, 2.24) is 4.90 Å². The molecule has 0 atom stereocenters. The lowest BCUT2D eigenvalue weighted by Gasteiger charge is -2.31. The Kier molecular flexibility index (Phi) is 7.36. The van der Waals surface area contributed by atoms with Crippen molar-refractivity contribution in [2.24, 2.45) is 0 Å². The van der Waals surface area contributed by atoms with Crippen LogP contribution in [-0.2, 0) is 9.47 Å². The van der Waals surface area contributed by atoms with Crippen LogP contribution in [0.4, 0.5) is 0 Å². The zero-order valence-electron chi connectivity index (χ0n) is 9.58. The first-order valence-corrected chi connectivity index (χ1v) is 6.29. The number of methoxy groups -OCH3 is 1. The first kappa shape index (κ1) is 13.2. The molecule has 1 rings (SSSR count). The molecule has 0 spiro atoms. The van der Waals surface area contributed by atoms with Crippen LogP contribution in [0.1, 0.15) is 19.3 Å². The number of rotatable bonds is 7. The third-order valence-electron chi connectivity index (χ3n) is 2.79. The summed E-state index contributed by atoms with van der Waals surface area (Å²) < 4.78 is 10.7. The third kappa shape index (κ3) is 5.71. The number of halogens is 1. The van der Waals surface area contributed by atoms with Gasteiger partial charge in [-0.25, -0.2) is 0 Å². The molecule has 0 saturated carbocycles. The number of nitrogens with zero attached hydrogens (tertiary/aromatic N) is 1. The van der Waals surface area contributed by atoms with E-state index in [4.69, 9.17) is 21.1 Å². The Balaban J connectivity index is 2.02. The van der Waals surface area contributed by atoms with Gasteiger partial charge in [0.15, 0.2) is 0 Å². The summed E-state index contributed by atoms with van der Waals surface area (Å²) >= 11 is 5.58. The first-order chi connectivity index (χ1) is 7.36. The summed E-state index contributed by atoms with van der Waals surface area (Å²) in [6.07, 6.45) is 3.85. The third-order valence-corrected chi connectivity index (χ3v) is 2.94. The van der Waals surface area contributed by atoms with Gasteiger partial charge in [-0.15, -0.1) is 11.6 Å². The quantitative estimate of drug-likeness (QED) is 0.496. The fraction of sp³-hybridized carbons (Fsp3) is 1.00. The highest BCUT2D eigenvalue weighted by atomic mass is 35.5. The number of ether oxygens (including phenoxy) is 2. The molecule has 0 amide bonds. The van der Waals surface area contributed by atoms with Crippen molar-refractivity contribution in [2.75, 3.05) is 45.8 Å². The Bertz CT molecular complexity index is 150. The molecular formula is C11H22ClNO2. The molecular weight excluding hydrogens is 214 g/mol. The summed E-state index contributed by atoms with van der Waals surface area (Å²) in [7, 11) is 1.76. The van der Waals surface area contributed by atoms with Gasteiger partial charge in [-0.05, 0) is 19.3 Å². The van der Waals surface area contributed by atoms with Gasteiger partial charge < -0.3 is 14.4 Å². The normalized spacial score (nSPS) is 19.6. The molecule has 0 radical (unpaired) electrons. The highest BCUT2D eigenvalue weighted by Crippen LogP contribution is 2.13. The van der Waals surface area contributed by atoms with E-state index in [0.717, 1.165) is 45.5 Å². The smallest absolute Gasteiger partial charge is 0.0605 e. The molecule has 1 fully saturated rings. The van der Waals surface area contributed by atoms with Gasteiger partial charge in [0.05, 0.1) is 12.7 Å². The molecule has 4 heteroatoms. The number of likely N-dealkylation sites (tertiary alicyclic amines) is 1. The molecule has 15 heavy (non-hydrogen) atoms. The second kappa shape index (κ2) is 8.34. The van der Waals surface area contributed by atoms with Crippen molar-refractivity contribution >= 4 is 11.6 Å². The largest absolute Gasteiger partial charge is 0.385 e. The molecule has 3 nitrogen and oxygen atoms in total. The van der Waals surface area contributed by atoms with Crippen LogP contribution in [0.2, 0.25) is 0 Å². The number of hydrogen-bond donors (Lipinski definition) is 0. The van der Waals surface area contributed by atoms with E-state index >= 15 is 0 Å². The predicted molar refractivity (Wildman–Crippen MR) is 62.6 cm³/mol. The molecule has 0 bridgehead atoms. The van der Waals surface area contributed by atoms with E-state index in [0.29, 0.717) is 18.6 Å². The minimum atomic E-state index is 0.433. The van der Waals surface area contributed by atoms with Gasteiger partial charge in [0.2, 0.25) is 0 Å². The second-order valence-corrected chi connectivity index (χ2v) is 4.33. The summed E-state index contributed by atoms with van der Waals surface area (Å²) in [6.45, 7) is 5.00. The minimum absolute atomic E-state index is 0.433. The van der Waals surface area contributed by atoms with E-state index < -0.39 is 0 Å². The zero-order valence-corrected chi connectivity index (χ0v) is 10.3. The summed E-state index contributed by atoms with van der Waals surface area (Å²) in [6, 6.07) is 0. The number of piperidine rings is 1.